The Labute approximate surface area is 153 Å². The monoisotopic (exact) mass is 356 g/mol. The van der Waals surface area contributed by atoms with Crippen molar-refractivity contribution in [2.75, 3.05) is 32.1 Å². The molecule has 1 aromatic heterocycles. The van der Waals surface area contributed by atoms with E-state index >= 15 is 0 Å². The van der Waals surface area contributed by atoms with E-state index in [1.165, 1.54) is 12.7 Å². The second-order valence-electron chi connectivity index (χ2n) is 6.59. The summed E-state index contributed by atoms with van der Waals surface area (Å²) >= 11 is 0. The quantitative estimate of drug-likeness (QED) is 0.745. The van der Waals surface area contributed by atoms with Gasteiger partial charge in [0.2, 0.25) is 5.91 Å². The average molecular weight is 356 g/mol. The summed E-state index contributed by atoms with van der Waals surface area (Å²) in [5, 5.41) is 0. The second kappa shape index (κ2) is 7.74. The number of nitrogens with zero attached hydrogens (tertiary/aromatic N) is 2. The summed E-state index contributed by atoms with van der Waals surface area (Å²) in [6, 6.07) is 9.76. The number of aryl methyl sites for hydroxylation is 1. The number of anilines is 1. The van der Waals surface area contributed by atoms with E-state index in [2.05, 4.69) is 6.07 Å². The molecule has 3 rings (SSSR count). The molecule has 0 unspecified atom stereocenters. The van der Waals surface area contributed by atoms with Crippen LogP contribution in [0.25, 0.3) is 0 Å². The Hall–Kier alpha value is -2.60. The van der Waals surface area contributed by atoms with Gasteiger partial charge >= 0.3 is 5.97 Å². The number of methoxy groups -OCH3 is 1. The van der Waals surface area contributed by atoms with Gasteiger partial charge in [-0.1, -0.05) is 18.2 Å². The summed E-state index contributed by atoms with van der Waals surface area (Å²) in [4.78, 5) is 28.1. The van der Waals surface area contributed by atoms with Gasteiger partial charge < -0.3 is 14.1 Å². The molecule has 0 spiro atoms. The number of fused-ring (bicyclic) bond motifs is 1. The summed E-state index contributed by atoms with van der Waals surface area (Å²) in [5.74, 6) is 0.963. The van der Waals surface area contributed by atoms with E-state index in [4.69, 9.17) is 9.15 Å². The lowest BCUT2D eigenvalue weighted by molar-refractivity contribution is -0.118. The summed E-state index contributed by atoms with van der Waals surface area (Å²) in [6.07, 6.45) is 1.36. The van der Waals surface area contributed by atoms with Crippen LogP contribution in [-0.2, 0) is 22.5 Å². The number of amides is 1. The largest absolute Gasteiger partial charge is 0.465 e. The third-order valence-corrected chi connectivity index (χ3v) is 4.70. The van der Waals surface area contributed by atoms with Crippen molar-refractivity contribution in [3.05, 3.63) is 53.0 Å². The highest BCUT2D eigenvalue weighted by Crippen LogP contribution is 2.27. The Bertz CT molecular complexity index is 812. The summed E-state index contributed by atoms with van der Waals surface area (Å²) in [7, 11) is 3.28. The lowest BCUT2D eigenvalue weighted by atomic mass is 10.2. The zero-order valence-electron chi connectivity index (χ0n) is 15.4. The zero-order valence-corrected chi connectivity index (χ0v) is 15.4. The predicted octanol–water partition coefficient (Wildman–Crippen LogP) is 2.79. The van der Waals surface area contributed by atoms with Crippen LogP contribution in [0.3, 0.4) is 0 Å². The van der Waals surface area contributed by atoms with Gasteiger partial charge in [-0.3, -0.25) is 9.69 Å². The van der Waals surface area contributed by atoms with Crippen molar-refractivity contribution in [1.82, 2.24) is 4.90 Å². The first-order valence-electron chi connectivity index (χ1n) is 8.74. The van der Waals surface area contributed by atoms with Gasteiger partial charge in [-0.05, 0) is 38.1 Å². The number of furan rings is 1. The van der Waals surface area contributed by atoms with E-state index in [9.17, 15) is 9.59 Å². The summed E-state index contributed by atoms with van der Waals surface area (Å²) < 4.78 is 10.4. The molecular weight excluding hydrogens is 332 g/mol. The topological polar surface area (TPSA) is 63.0 Å². The number of rotatable bonds is 6. The van der Waals surface area contributed by atoms with Gasteiger partial charge in [0.25, 0.3) is 0 Å². The molecule has 0 aliphatic carbocycles. The highest BCUT2D eigenvalue weighted by Gasteiger charge is 2.24. The third-order valence-electron chi connectivity index (χ3n) is 4.70. The Kier molecular flexibility index (Phi) is 5.42. The van der Waals surface area contributed by atoms with E-state index in [-0.39, 0.29) is 5.91 Å². The number of para-hydroxylation sites is 1. The van der Waals surface area contributed by atoms with Crippen molar-refractivity contribution in [2.45, 2.75) is 26.3 Å². The molecular formula is C20H24N2O4. The van der Waals surface area contributed by atoms with Gasteiger partial charge in [0, 0.05) is 25.2 Å². The molecule has 0 radical (unpaired) electrons. The minimum atomic E-state index is -0.400. The molecule has 6 heteroatoms. The lowest BCUT2D eigenvalue weighted by Gasteiger charge is -2.20. The Morgan fingerprint density at radius 3 is 2.85 bits per heavy atom. The highest BCUT2D eigenvalue weighted by atomic mass is 16.5. The molecule has 2 heterocycles. The first-order valence-corrected chi connectivity index (χ1v) is 8.74. The third kappa shape index (κ3) is 3.80. The molecule has 0 atom stereocenters. The van der Waals surface area contributed by atoms with Gasteiger partial charge in [-0.2, -0.15) is 0 Å². The Morgan fingerprint density at radius 2 is 2.08 bits per heavy atom. The number of benzene rings is 1. The molecule has 1 aromatic carbocycles. The predicted molar refractivity (Wildman–Crippen MR) is 98.2 cm³/mol. The molecule has 1 amide bonds. The van der Waals surface area contributed by atoms with Crippen molar-refractivity contribution >= 4 is 17.6 Å². The fraction of sp³-hybridized carbons (Fsp3) is 0.400. The van der Waals surface area contributed by atoms with Crippen molar-refractivity contribution in [3.8, 4) is 0 Å². The molecule has 0 saturated heterocycles. The van der Waals surface area contributed by atoms with Crippen LogP contribution < -0.4 is 4.90 Å². The summed E-state index contributed by atoms with van der Waals surface area (Å²) in [5.41, 5.74) is 2.71. The van der Waals surface area contributed by atoms with Gasteiger partial charge in [0.15, 0.2) is 0 Å². The Balaban J connectivity index is 1.54. The molecule has 0 bridgehead atoms. The second-order valence-corrected chi connectivity index (χ2v) is 6.59. The molecule has 138 valence electrons. The standard InChI is InChI=1S/C20H24N2O4/c1-14-17(20(24)25-3)12-16(26-14)13-21(2)10-9-19(23)22-11-8-15-6-4-5-7-18(15)22/h4-7,12H,8-11,13H2,1-3H3. The highest BCUT2D eigenvalue weighted by molar-refractivity contribution is 5.95. The van der Waals surface area contributed by atoms with Gasteiger partial charge in [0.05, 0.1) is 13.7 Å². The zero-order chi connectivity index (χ0) is 18.7. The normalized spacial score (nSPS) is 13.2. The smallest absolute Gasteiger partial charge is 0.341 e. The van der Waals surface area contributed by atoms with Gasteiger partial charge in [-0.25, -0.2) is 4.79 Å². The molecule has 0 N–H and O–H groups in total. The first kappa shape index (κ1) is 18.2. The minimum absolute atomic E-state index is 0.132. The molecule has 26 heavy (non-hydrogen) atoms. The Morgan fingerprint density at radius 1 is 1.31 bits per heavy atom. The van der Waals surface area contributed by atoms with Crippen molar-refractivity contribution < 1.29 is 18.7 Å². The van der Waals surface area contributed by atoms with Crippen LogP contribution >= 0.6 is 0 Å². The van der Waals surface area contributed by atoms with Gasteiger partial charge in [-0.15, -0.1) is 0 Å². The van der Waals surface area contributed by atoms with Crippen LogP contribution in [0, 0.1) is 6.92 Å². The van der Waals surface area contributed by atoms with Crippen LogP contribution in [0.15, 0.2) is 34.7 Å². The van der Waals surface area contributed by atoms with E-state index in [1.54, 1.807) is 13.0 Å². The van der Waals surface area contributed by atoms with E-state index in [1.807, 2.05) is 35.0 Å². The lowest BCUT2D eigenvalue weighted by Crippen LogP contribution is -2.32. The molecule has 6 nitrogen and oxygen atoms in total. The van der Waals surface area contributed by atoms with Crippen molar-refractivity contribution in [2.24, 2.45) is 0 Å². The average Bonchev–Trinajstić information content (AvgIpc) is 3.22. The van der Waals surface area contributed by atoms with Crippen LogP contribution in [0.4, 0.5) is 5.69 Å². The first-order chi connectivity index (χ1) is 12.5. The molecule has 1 aliphatic rings. The summed E-state index contributed by atoms with van der Waals surface area (Å²) in [6.45, 7) is 3.64. The number of esters is 1. The van der Waals surface area contributed by atoms with Crippen LogP contribution in [-0.4, -0.2) is 44.0 Å². The maximum Gasteiger partial charge on any atom is 0.341 e. The number of carbonyl (C=O) groups is 2. The van der Waals surface area contributed by atoms with Gasteiger partial charge in [0.1, 0.15) is 17.1 Å². The van der Waals surface area contributed by atoms with Crippen LogP contribution in [0.1, 0.15) is 33.9 Å². The number of ether oxygens (including phenoxy) is 1. The number of hydrogen-bond donors (Lipinski definition) is 0. The van der Waals surface area contributed by atoms with E-state index in [0.29, 0.717) is 36.6 Å². The molecule has 0 fully saturated rings. The fourth-order valence-electron chi connectivity index (χ4n) is 3.30. The van der Waals surface area contributed by atoms with E-state index < -0.39 is 5.97 Å². The maximum absolute atomic E-state index is 12.6. The molecule has 1 aliphatic heterocycles. The SMILES string of the molecule is COC(=O)c1cc(CN(C)CCC(=O)N2CCc3ccccc32)oc1C. The maximum atomic E-state index is 12.6. The molecule has 2 aromatic rings. The number of carbonyl (C=O) groups excluding carboxylic acids is 2. The fourth-order valence-corrected chi connectivity index (χ4v) is 3.30. The number of hydrogen-bond acceptors (Lipinski definition) is 5. The van der Waals surface area contributed by atoms with Crippen molar-refractivity contribution in [3.63, 3.8) is 0 Å². The minimum Gasteiger partial charge on any atom is -0.465 e. The van der Waals surface area contributed by atoms with E-state index in [0.717, 1.165) is 18.7 Å². The van der Waals surface area contributed by atoms with Crippen molar-refractivity contribution in [1.29, 1.82) is 0 Å². The van der Waals surface area contributed by atoms with Crippen LogP contribution in [0.5, 0.6) is 0 Å². The molecule has 0 saturated carbocycles. The van der Waals surface area contributed by atoms with Crippen LogP contribution in [0.2, 0.25) is 0 Å².